The van der Waals surface area contributed by atoms with Gasteiger partial charge in [0.05, 0.1) is 17.6 Å². The Morgan fingerprint density at radius 1 is 1.14 bits per heavy atom. The minimum absolute atomic E-state index is 0.157. The van der Waals surface area contributed by atoms with Crippen molar-refractivity contribution in [3.8, 4) is 11.3 Å². The van der Waals surface area contributed by atoms with Crippen molar-refractivity contribution >= 4 is 28.0 Å². The zero-order valence-electron chi connectivity index (χ0n) is 20.5. The second-order valence-electron chi connectivity index (χ2n) is 8.46. The maximum Gasteiger partial charge on any atom is 0.180 e. The lowest BCUT2D eigenvalue weighted by atomic mass is 10.0. The lowest BCUT2D eigenvalue weighted by Crippen LogP contribution is -2.43. The number of hydrogen-bond donors (Lipinski definition) is 2. The number of aromatic nitrogens is 4. The Labute approximate surface area is 208 Å². The number of rotatable bonds is 5. The van der Waals surface area contributed by atoms with E-state index in [0.29, 0.717) is 17.9 Å². The predicted molar refractivity (Wildman–Crippen MR) is 143 cm³/mol. The Hall–Kier alpha value is -3.30. The molecule has 0 bridgehead atoms. The minimum atomic E-state index is -1.05. The van der Waals surface area contributed by atoms with Crippen LogP contribution in [0.1, 0.15) is 37.9 Å². The maximum atomic E-state index is 12.0. The Morgan fingerprint density at radius 2 is 1.97 bits per heavy atom. The number of nitrogens with zero attached hydrogens (tertiary/aromatic N) is 5. The van der Waals surface area contributed by atoms with Crippen LogP contribution in [0.15, 0.2) is 60.0 Å². The molecular formula is C26H33N7OS. The molecule has 0 saturated carbocycles. The van der Waals surface area contributed by atoms with Gasteiger partial charge in [-0.3, -0.25) is 13.6 Å². The number of nitrogen functional groups attached to an aromatic ring is 1. The van der Waals surface area contributed by atoms with Gasteiger partial charge in [0.15, 0.2) is 11.5 Å². The lowest BCUT2D eigenvalue weighted by molar-refractivity contribution is 0.505. The molecule has 2 unspecified atom stereocenters. The van der Waals surface area contributed by atoms with E-state index >= 15 is 0 Å². The summed E-state index contributed by atoms with van der Waals surface area (Å²) in [6, 6.07) is 10.0. The summed E-state index contributed by atoms with van der Waals surface area (Å²) >= 11 is 0. The summed E-state index contributed by atoms with van der Waals surface area (Å²) in [5.74, 6) is 0.408. The second kappa shape index (κ2) is 11.0. The average Bonchev–Trinajstić information content (AvgIpc) is 3.29. The molecule has 4 N–H and O–H groups in total. The topological polar surface area (TPSA) is 115 Å². The van der Waals surface area contributed by atoms with Crippen molar-refractivity contribution in [1.82, 2.24) is 19.4 Å². The van der Waals surface area contributed by atoms with Crippen molar-refractivity contribution in [2.24, 2.45) is 5.73 Å². The SMILES string of the molecule is CC.CS(=O)c1cccc(-c2cc(Cc3cnc4c(N)nccn34)c(N3CCCC(N)C3)cn2)c1. The van der Waals surface area contributed by atoms with Crippen LogP contribution in [0.2, 0.25) is 0 Å². The molecule has 5 rings (SSSR count). The van der Waals surface area contributed by atoms with E-state index in [0.717, 1.165) is 59.0 Å². The summed E-state index contributed by atoms with van der Waals surface area (Å²) in [5, 5.41) is 0. The van der Waals surface area contributed by atoms with Crippen LogP contribution in [0.25, 0.3) is 16.9 Å². The molecule has 184 valence electrons. The van der Waals surface area contributed by atoms with Crippen LogP contribution >= 0.6 is 0 Å². The molecular weight excluding hydrogens is 458 g/mol. The van der Waals surface area contributed by atoms with Crippen LogP contribution in [-0.2, 0) is 17.2 Å². The van der Waals surface area contributed by atoms with Crippen LogP contribution in [-0.4, -0.2) is 48.9 Å². The van der Waals surface area contributed by atoms with E-state index in [1.807, 2.05) is 61.1 Å². The van der Waals surface area contributed by atoms with E-state index < -0.39 is 10.8 Å². The van der Waals surface area contributed by atoms with Gasteiger partial charge in [0.1, 0.15) is 0 Å². The van der Waals surface area contributed by atoms with E-state index in [2.05, 4.69) is 20.9 Å². The highest BCUT2D eigenvalue weighted by Gasteiger charge is 2.21. The molecule has 1 aromatic carbocycles. The maximum absolute atomic E-state index is 12.0. The zero-order valence-corrected chi connectivity index (χ0v) is 21.3. The molecule has 35 heavy (non-hydrogen) atoms. The highest BCUT2D eigenvalue weighted by molar-refractivity contribution is 7.84. The van der Waals surface area contributed by atoms with E-state index in [9.17, 15) is 4.21 Å². The van der Waals surface area contributed by atoms with Crippen molar-refractivity contribution in [3.05, 3.63) is 66.4 Å². The molecule has 1 aliphatic heterocycles. The predicted octanol–water partition coefficient (Wildman–Crippen LogP) is 3.66. The normalized spacial score (nSPS) is 16.6. The number of anilines is 2. The van der Waals surface area contributed by atoms with Crippen LogP contribution in [0, 0.1) is 0 Å². The third kappa shape index (κ3) is 5.36. The fourth-order valence-electron chi connectivity index (χ4n) is 4.45. The summed E-state index contributed by atoms with van der Waals surface area (Å²) in [6.45, 7) is 5.76. The Bertz CT molecular complexity index is 1340. The quantitative estimate of drug-likeness (QED) is 0.438. The van der Waals surface area contributed by atoms with Gasteiger partial charge in [0.2, 0.25) is 0 Å². The molecule has 8 nitrogen and oxygen atoms in total. The van der Waals surface area contributed by atoms with Crippen molar-refractivity contribution < 1.29 is 4.21 Å². The van der Waals surface area contributed by atoms with Crippen molar-refractivity contribution in [2.75, 3.05) is 30.0 Å². The van der Waals surface area contributed by atoms with Gasteiger partial charge >= 0.3 is 0 Å². The van der Waals surface area contributed by atoms with Gasteiger partial charge in [0.25, 0.3) is 0 Å². The van der Waals surface area contributed by atoms with E-state index in [4.69, 9.17) is 16.5 Å². The molecule has 1 fully saturated rings. The summed E-state index contributed by atoms with van der Waals surface area (Å²) in [7, 11) is -1.05. The first-order chi connectivity index (χ1) is 17.0. The van der Waals surface area contributed by atoms with Crippen LogP contribution in [0.4, 0.5) is 11.5 Å². The van der Waals surface area contributed by atoms with Crippen molar-refractivity contribution in [1.29, 1.82) is 0 Å². The van der Waals surface area contributed by atoms with Gasteiger partial charge in [-0.2, -0.15) is 0 Å². The third-order valence-corrected chi connectivity index (χ3v) is 7.05. The molecule has 1 aliphatic rings. The molecule has 1 saturated heterocycles. The fourth-order valence-corrected chi connectivity index (χ4v) is 5.02. The number of hydrogen-bond acceptors (Lipinski definition) is 7. The van der Waals surface area contributed by atoms with Crippen LogP contribution in [0.5, 0.6) is 0 Å². The first-order valence-corrected chi connectivity index (χ1v) is 13.5. The van der Waals surface area contributed by atoms with Gasteiger partial charge < -0.3 is 16.4 Å². The van der Waals surface area contributed by atoms with Gasteiger partial charge in [-0.25, -0.2) is 9.97 Å². The standard InChI is InChI=1S/C24H27N7OS.C2H6/c1-33(32)20-6-2-4-16(11-20)21-12-17(22(14-28-21)30-8-3-5-18(25)15-30)10-19-13-29-24-23(26)27-7-9-31(19)24;1-2/h2,4,6-7,9,11-14,18H,3,5,8,10,15,25H2,1H3,(H2,26,27);1-2H3. The van der Waals surface area contributed by atoms with Crippen LogP contribution in [0.3, 0.4) is 0 Å². The zero-order chi connectivity index (χ0) is 24.9. The molecule has 4 heterocycles. The second-order valence-corrected chi connectivity index (χ2v) is 9.84. The van der Waals surface area contributed by atoms with Crippen LogP contribution < -0.4 is 16.4 Å². The molecule has 4 aromatic rings. The fraction of sp³-hybridized carbons (Fsp3) is 0.346. The smallest absolute Gasteiger partial charge is 0.180 e. The summed E-state index contributed by atoms with van der Waals surface area (Å²) in [5.41, 5.74) is 18.0. The number of piperidine rings is 1. The third-order valence-electron chi connectivity index (χ3n) is 6.13. The van der Waals surface area contributed by atoms with E-state index in [1.54, 1.807) is 12.5 Å². The number of benzene rings is 1. The number of fused-ring (bicyclic) bond motifs is 1. The van der Waals surface area contributed by atoms with Gasteiger partial charge in [0, 0.05) is 77.4 Å². The highest BCUT2D eigenvalue weighted by Crippen LogP contribution is 2.30. The van der Waals surface area contributed by atoms with Crippen molar-refractivity contribution in [2.45, 2.75) is 44.0 Å². The molecule has 0 aliphatic carbocycles. The Kier molecular flexibility index (Phi) is 7.77. The number of imidazole rings is 1. The highest BCUT2D eigenvalue weighted by atomic mass is 32.2. The molecule has 2 atom stereocenters. The molecule has 9 heteroatoms. The summed E-state index contributed by atoms with van der Waals surface area (Å²) in [6.07, 6.45) is 11.8. The molecule has 0 spiro atoms. The van der Waals surface area contributed by atoms with E-state index in [-0.39, 0.29) is 6.04 Å². The lowest BCUT2D eigenvalue weighted by Gasteiger charge is -2.34. The van der Waals surface area contributed by atoms with Gasteiger partial charge in [-0.15, -0.1) is 0 Å². The molecule has 0 radical (unpaired) electrons. The first kappa shape index (κ1) is 24.8. The Balaban J connectivity index is 0.00000141. The minimum Gasteiger partial charge on any atom is -0.381 e. The number of pyridine rings is 1. The van der Waals surface area contributed by atoms with Crippen molar-refractivity contribution in [3.63, 3.8) is 0 Å². The monoisotopic (exact) mass is 491 g/mol. The van der Waals surface area contributed by atoms with Gasteiger partial charge in [-0.05, 0) is 36.6 Å². The van der Waals surface area contributed by atoms with E-state index in [1.165, 1.54) is 0 Å². The molecule has 3 aromatic heterocycles. The Morgan fingerprint density at radius 3 is 2.74 bits per heavy atom. The average molecular weight is 492 g/mol. The summed E-state index contributed by atoms with van der Waals surface area (Å²) < 4.78 is 14.0. The molecule has 0 amide bonds. The summed E-state index contributed by atoms with van der Waals surface area (Å²) in [4.78, 5) is 16.5. The van der Waals surface area contributed by atoms with Gasteiger partial charge in [-0.1, -0.05) is 26.0 Å². The first-order valence-electron chi connectivity index (χ1n) is 12.0. The number of nitrogens with two attached hydrogens (primary N) is 2. The largest absolute Gasteiger partial charge is 0.381 e.